The summed E-state index contributed by atoms with van der Waals surface area (Å²) in [6.45, 7) is 0.223. The van der Waals surface area contributed by atoms with Crippen molar-refractivity contribution in [3.8, 4) is 34.0 Å². The molecule has 0 saturated carbocycles. The molecule has 0 spiro atoms. The van der Waals surface area contributed by atoms with Crippen LogP contribution in [0.4, 0.5) is 17.6 Å². The number of pyridine rings is 1. The summed E-state index contributed by atoms with van der Waals surface area (Å²) in [6, 6.07) is 31.4. The molecule has 8 heteroatoms. The molecule has 40 heavy (non-hydrogen) atoms. The van der Waals surface area contributed by atoms with Crippen molar-refractivity contribution in [2.75, 3.05) is 0 Å². The Kier molecular flexibility index (Phi) is 6.51. The molecule has 0 atom stereocenters. The molecule has 0 saturated heterocycles. The number of halogens is 4. The van der Waals surface area contributed by atoms with Crippen LogP contribution in [0.3, 0.4) is 0 Å². The Morgan fingerprint density at radius 1 is 0.725 bits per heavy atom. The molecule has 4 nitrogen and oxygen atoms in total. The molecule has 0 aliphatic heterocycles. The van der Waals surface area contributed by atoms with Crippen molar-refractivity contribution in [1.29, 1.82) is 0 Å². The van der Waals surface area contributed by atoms with Crippen LogP contribution in [0.5, 0.6) is 5.75 Å². The van der Waals surface area contributed by atoms with Crippen molar-refractivity contribution in [3.05, 3.63) is 132 Å². The summed E-state index contributed by atoms with van der Waals surface area (Å²) in [5.74, 6) is 0.186. The van der Waals surface area contributed by atoms with E-state index in [-0.39, 0.29) is 34.8 Å². The summed E-state index contributed by atoms with van der Waals surface area (Å²) in [5.41, 5.74) is 2.08. The molecule has 0 fully saturated rings. The normalized spacial score (nSPS) is 11.6. The lowest BCUT2D eigenvalue weighted by Gasteiger charge is -2.13. The summed E-state index contributed by atoms with van der Waals surface area (Å²) in [7, 11) is 0. The molecule has 2 aromatic heterocycles. The number of alkyl halides is 3. The van der Waals surface area contributed by atoms with Crippen molar-refractivity contribution in [2.24, 2.45) is 0 Å². The maximum atomic E-state index is 14.6. The number of hydrogen-bond acceptors (Lipinski definition) is 3. The first-order valence-corrected chi connectivity index (χ1v) is 12.5. The van der Waals surface area contributed by atoms with Crippen LogP contribution in [0.1, 0.15) is 11.1 Å². The van der Waals surface area contributed by atoms with Crippen LogP contribution in [0, 0.1) is 5.82 Å². The van der Waals surface area contributed by atoms with Gasteiger partial charge in [0.15, 0.2) is 5.65 Å². The maximum Gasteiger partial charge on any atom is 0.417 e. The zero-order valence-corrected chi connectivity index (χ0v) is 20.9. The molecular formula is C32H21F4N3O. The second-order valence-corrected chi connectivity index (χ2v) is 9.15. The first-order valence-electron chi connectivity index (χ1n) is 12.5. The first-order chi connectivity index (χ1) is 19.4. The molecule has 0 N–H and O–H groups in total. The van der Waals surface area contributed by atoms with Crippen LogP contribution in [0.15, 0.2) is 115 Å². The van der Waals surface area contributed by atoms with E-state index in [9.17, 15) is 17.6 Å². The SMILES string of the molecule is Fc1ccc(COc2ccc(-c3cc(C(F)(F)F)c4c(-c5ccccc5)nn(-c5ccccc5)c4n3)cc2)cc1. The number of hydrogen-bond donors (Lipinski definition) is 0. The Balaban J connectivity index is 1.45. The Bertz CT molecular complexity index is 1760. The minimum absolute atomic E-state index is 0.0643. The summed E-state index contributed by atoms with van der Waals surface area (Å²) in [5, 5.41) is 4.56. The number of aromatic nitrogens is 3. The van der Waals surface area contributed by atoms with Gasteiger partial charge in [0.2, 0.25) is 0 Å². The van der Waals surface area contributed by atoms with E-state index >= 15 is 0 Å². The third-order valence-corrected chi connectivity index (χ3v) is 6.46. The van der Waals surface area contributed by atoms with Crippen molar-refractivity contribution < 1.29 is 22.3 Å². The van der Waals surface area contributed by atoms with Gasteiger partial charge in [0.05, 0.1) is 22.3 Å². The summed E-state index contributed by atoms with van der Waals surface area (Å²) in [4.78, 5) is 4.70. The van der Waals surface area contributed by atoms with E-state index < -0.39 is 11.7 Å². The van der Waals surface area contributed by atoms with E-state index in [1.54, 1.807) is 91.0 Å². The Morgan fingerprint density at radius 2 is 1.38 bits per heavy atom. The number of para-hydroxylation sites is 1. The molecule has 6 rings (SSSR count). The topological polar surface area (TPSA) is 39.9 Å². The Hall–Kier alpha value is -4.98. The number of ether oxygens (including phenoxy) is 1. The van der Waals surface area contributed by atoms with E-state index in [0.717, 1.165) is 11.6 Å². The fourth-order valence-electron chi connectivity index (χ4n) is 4.50. The molecule has 0 aliphatic rings. The second-order valence-electron chi connectivity index (χ2n) is 9.15. The average Bonchev–Trinajstić information content (AvgIpc) is 3.37. The van der Waals surface area contributed by atoms with Crippen molar-refractivity contribution in [1.82, 2.24) is 14.8 Å². The predicted molar refractivity (Wildman–Crippen MR) is 145 cm³/mol. The molecule has 0 aliphatic carbocycles. The highest BCUT2D eigenvalue weighted by molar-refractivity contribution is 5.96. The smallest absolute Gasteiger partial charge is 0.417 e. The van der Waals surface area contributed by atoms with Gasteiger partial charge in [-0.2, -0.15) is 18.3 Å². The van der Waals surface area contributed by atoms with Gasteiger partial charge in [-0.15, -0.1) is 0 Å². The second kappa shape index (κ2) is 10.3. The number of benzene rings is 4. The van der Waals surface area contributed by atoms with Crippen molar-refractivity contribution >= 4 is 11.0 Å². The van der Waals surface area contributed by atoms with Crippen molar-refractivity contribution in [2.45, 2.75) is 12.8 Å². The fraction of sp³-hybridized carbons (Fsp3) is 0.0625. The van der Waals surface area contributed by atoms with E-state index in [1.807, 2.05) is 6.07 Å². The predicted octanol–water partition coefficient (Wildman–Crippen LogP) is 8.49. The molecule has 2 heterocycles. The minimum atomic E-state index is -4.65. The highest BCUT2D eigenvalue weighted by atomic mass is 19.4. The van der Waals surface area contributed by atoms with Crippen LogP contribution >= 0.6 is 0 Å². The fourth-order valence-corrected chi connectivity index (χ4v) is 4.50. The molecule has 0 bridgehead atoms. The van der Waals surface area contributed by atoms with Crippen LogP contribution in [0.25, 0.3) is 39.2 Å². The molecule has 0 radical (unpaired) electrons. The van der Waals surface area contributed by atoms with Gasteiger partial charge >= 0.3 is 6.18 Å². The van der Waals surface area contributed by atoms with Crippen LogP contribution in [-0.4, -0.2) is 14.8 Å². The summed E-state index contributed by atoms with van der Waals surface area (Å²) in [6.07, 6.45) is -4.65. The third-order valence-electron chi connectivity index (χ3n) is 6.46. The van der Waals surface area contributed by atoms with Gasteiger partial charge in [-0.1, -0.05) is 60.7 Å². The quantitative estimate of drug-likeness (QED) is 0.199. The van der Waals surface area contributed by atoms with Crippen LogP contribution in [-0.2, 0) is 12.8 Å². The van der Waals surface area contributed by atoms with Gasteiger partial charge in [-0.3, -0.25) is 0 Å². The number of nitrogens with zero attached hydrogens (tertiary/aromatic N) is 3. The maximum absolute atomic E-state index is 14.6. The van der Waals surface area contributed by atoms with Gasteiger partial charge in [-0.05, 0) is 60.2 Å². The minimum Gasteiger partial charge on any atom is -0.489 e. The van der Waals surface area contributed by atoms with Crippen molar-refractivity contribution in [3.63, 3.8) is 0 Å². The lowest BCUT2D eigenvalue weighted by atomic mass is 10.0. The average molecular weight is 540 g/mol. The van der Waals surface area contributed by atoms with E-state index in [4.69, 9.17) is 9.72 Å². The highest BCUT2D eigenvalue weighted by Crippen LogP contribution is 2.41. The lowest BCUT2D eigenvalue weighted by molar-refractivity contribution is -0.136. The Morgan fingerprint density at radius 3 is 2.02 bits per heavy atom. The highest BCUT2D eigenvalue weighted by Gasteiger charge is 2.36. The molecule has 198 valence electrons. The molecule has 0 unspecified atom stereocenters. The zero-order valence-electron chi connectivity index (χ0n) is 20.9. The third kappa shape index (κ3) is 5.03. The van der Waals surface area contributed by atoms with Gasteiger partial charge in [0, 0.05) is 11.1 Å². The molecule has 0 amide bonds. The number of fused-ring (bicyclic) bond motifs is 1. The summed E-state index contributed by atoms with van der Waals surface area (Å²) < 4.78 is 64.1. The summed E-state index contributed by atoms with van der Waals surface area (Å²) >= 11 is 0. The Labute approximate surface area is 227 Å². The van der Waals surface area contributed by atoms with Gasteiger partial charge in [-0.25, -0.2) is 14.1 Å². The van der Waals surface area contributed by atoms with Crippen LogP contribution in [0.2, 0.25) is 0 Å². The lowest BCUT2D eigenvalue weighted by Crippen LogP contribution is -2.08. The first kappa shape index (κ1) is 25.3. The number of rotatable bonds is 6. The standard InChI is InChI=1S/C32H21F4N3O/c33-24-15-11-21(12-16-24)20-40-26-17-13-22(14-18-26)28-19-27(32(34,35)36)29-30(23-7-3-1-4-8-23)38-39(31(29)37-28)25-9-5-2-6-10-25/h1-19H,20H2. The van der Waals surface area contributed by atoms with Crippen LogP contribution < -0.4 is 4.74 Å². The van der Waals surface area contributed by atoms with Gasteiger partial charge in [0.1, 0.15) is 23.9 Å². The van der Waals surface area contributed by atoms with E-state index in [2.05, 4.69) is 5.10 Å². The monoisotopic (exact) mass is 539 g/mol. The molecule has 6 aromatic rings. The van der Waals surface area contributed by atoms with E-state index in [1.165, 1.54) is 16.8 Å². The molecule has 4 aromatic carbocycles. The van der Waals surface area contributed by atoms with E-state index in [0.29, 0.717) is 22.6 Å². The zero-order chi connectivity index (χ0) is 27.7. The molecular weight excluding hydrogens is 518 g/mol. The van der Waals surface area contributed by atoms with Gasteiger partial charge in [0.25, 0.3) is 0 Å². The largest absolute Gasteiger partial charge is 0.489 e. The van der Waals surface area contributed by atoms with Gasteiger partial charge < -0.3 is 4.74 Å².